The van der Waals surface area contributed by atoms with E-state index in [1.54, 1.807) is 55.7 Å². The fraction of sp³-hybridized carbons (Fsp3) is 0.167. The molecule has 0 saturated heterocycles. The topological polar surface area (TPSA) is 93.4 Å². The molecule has 8 heteroatoms. The molecule has 2 heterocycles. The van der Waals surface area contributed by atoms with Crippen molar-refractivity contribution in [1.82, 2.24) is 0 Å². The maximum Gasteiger partial charge on any atom is 0.373 e. The van der Waals surface area contributed by atoms with Gasteiger partial charge in [-0.1, -0.05) is 12.1 Å². The number of ketones is 1. The fourth-order valence-electron chi connectivity index (χ4n) is 3.24. The van der Waals surface area contributed by atoms with E-state index in [0.717, 1.165) is 0 Å². The largest absolute Gasteiger partial charge is 0.493 e. The van der Waals surface area contributed by atoms with E-state index < -0.39 is 5.97 Å². The lowest BCUT2D eigenvalue weighted by Crippen LogP contribution is -1.99. The zero-order valence-corrected chi connectivity index (χ0v) is 17.7. The van der Waals surface area contributed by atoms with Crippen molar-refractivity contribution in [2.45, 2.75) is 6.61 Å². The van der Waals surface area contributed by atoms with Gasteiger partial charge in [0.2, 0.25) is 11.5 Å². The Balaban J connectivity index is 1.51. The molecule has 164 valence electrons. The van der Waals surface area contributed by atoms with Gasteiger partial charge in [0, 0.05) is 11.6 Å². The van der Waals surface area contributed by atoms with E-state index in [2.05, 4.69) is 4.74 Å². The van der Waals surface area contributed by atoms with E-state index >= 15 is 0 Å². The van der Waals surface area contributed by atoms with Crippen LogP contribution in [0.3, 0.4) is 0 Å². The molecule has 0 bridgehead atoms. The van der Waals surface area contributed by atoms with Gasteiger partial charge in [0.1, 0.15) is 23.9 Å². The molecule has 1 aromatic heterocycles. The predicted octanol–water partition coefficient (Wildman–Crippen LogP) is 4.28. The molecule has 0 saturated carbocycles. The number of furan rings is 1. The number of ether oxygens (including phenoxy) is 5. The van der Waals surface area contributed by atoms with Crippen molar-refractivity contribution in [3.8, 4) is 23.0 Å². The third-order valence-electron chi connectivity index (χ3n) is 4.79. The summed E-state index contributed by atoms with van der Waals surface area (Å²) in [5.41, 5.74) is 1.08. The van der Waals surface area contributed by atoms with E-state index in [1.165, 1.54) is 20.3 Å². The van der Waals surface area contributed by atoms with Gasteiger partial charge in [-0.25, -0.2) is 4.79 Å². The van der Waals surface area contributed by atoms with Crippen LogP contribution >= 0.6 is 0 Å². The molecule has 0 spiro atoms. The maximum absolute atomic E-state index is 12.8. The van der Waals surface area contributed by atoms with Crippen molar-refractivity contribution in [3.05, 3.63) is 76.9 Å². The number of para-hydroxylation sites is 1. The molecule has 0 radical (unpaired) electrons. The van der Waals surface area contributed by atoms with Gasteiger partial charge in [-0.15, -0.1) is 0 Å². The summed E-state index contributed by atoms with van der Waals surface area (Å²) in [6.07, 6.45) is 1.61. The van der Waals surface area contributed by atoms with Crippen molar-refractivity contribution in [2.24, 2.45) is 0 Å². The van der Waals surface area contributed by atoms with Crippen LogP contribution in [0.5, 0.6) is 23.0 Å². The highest BCUT2D eigenvalue weighted by Gasteiger charge is 2.28. The molecule has 32 heavy (non-hydrogen) atoms. The lowest BCUT2D eigenvalue weighted by atomic mass is 10.1. The highest BCUT2D eigenvalue weighted by atomic mass is 16.5. The first kappa shape index (κ1) is 21.0. The van der Waals surface area contributed by atoms with Gasteiger partial charge in [-0.2, -0.15) is 0 Å². The van der Waals surface area contributed by atoms with Crippen LogP contribution in [0.1, 0.15) is 32.2 Å². The number of hydrogen-bond donors (Lipinski definition) is 0. The molecule has 0 fully saturated rings. The Morgan fingerprint density at radius 2 is 1.88 bits per heavy atom. The van der Waals surface area contributed by atoms with Crippen LogP contribution in [0.25, 0.3) is 6.08 Å². The van der Waals surface area contributed by atoms with Gasteiger partial charge in [0.25, 0.3) is 0 Å². The van der Waals surface area contributed by atoms with Crippen LogP contribution in [0.2, 0.25) is 0 Å². The summed E-state index contributed by atoms with van der Waals surface area (Å²) in [6.45, 7) is 0.0907. The SMILES string of the molecule is COC(=O)c1ccc(COc2ccc3c(c2)O/C(=C/c2cccc(OC)c2OC)C3=O)o1. The monoisotopic (exact) mass is 436 g/mol. The van der Waals surface area contributed by atoms with Gasteiger partial charge >= 0.3 is 5.97 Å². The normalized spacial score (nSPS) is 13.5. The molecule has 0 aliphatic carbocycles. The van der Waals surface area contributed by atoms with Crippen LogP contribution in [0.15, 0.2) is 58.7 Å². The number of fused-ring (bicyclic) bond motifs is 1. The molecular formula is C24H20O8. The van der Waals surface area contributed by atoms with Gasteiger partial charge in [0.15, 0.2) is 17.3 Å². The van der Waals surface area contributed by atoms with Gasteiger partial charge in [-0.05, 0) is 36.4 Å². The Morgan fingerprint density at radius 3 is 2.62 bits per heavy atom. The third kappa shape index (κ3) is 4.02. The quantitative estimate of drug-likeness (QED) is 0.400. The smallest absolute Gasteiger partial charge is 0.373 e. The molecule has 4 rings (SSSR count). The Kier molecular flexibility index (Phi) is 5.85. The lowest BCUT2D eigenvalue weighted by molar-refractivity contribution is 0.0561. The summed E-state index contributed by atoms with van der Waals surface area (Å²) >= 11 is 0. The second-order valence-corrected chi connectivity index (χ2v) is 6.73. The van der Waals surface area contributed by atoms with Crippen LogP contribution in [0, 0.1) is 0 Å². The maximum atomic E-state index is 12.8. The molecule has 1 aliphatic heterocycles. The summed E-state index contributed by atoms with van der Waals surface area (Å²) in [5.74, 6) is 1.82. The number of hydrogen-bond acceptors (Lipinski definition) is 8. The summed E-state index contributed by atoms with van der Waals surface area (Å²) < 4.78 is 32.2. The summed E-state index contributed by atoms with van der Waals surface area (Å²) in [5, 5.41) is 0. The van der Waals surface area contributed by atoms with Gasteiger partial charge in [-0.3, -0.25) is 4.79 Å². The Hall–Kier alpha value is -4.20. The van der Waals surface area contributed by atoms with Crippen molar-refractivity contribution in [2.75, 3.05) is 21.3 Å². The molecule has 0 atom stereocenters. The summed E-state index contributed by atoms with van der Waals surface area (Å²) in [7, 11) is 4.35. The molecular weight excluding hydrogens is 416 g/mol. The average molecular weight is 436 g/mol. The second-order valence-electron chi connectivity index (χ2n) is 6.73. The van der Waals surface area contributed by atoms with Crippen molar-refractivity contribution in [3.63, 3.8) is 0 Å². The molecule has 8 nitrogen and oxygen atoms in total. The number of allylic oxidation sites excluding steroid dienone is 1. The predicted molar refractivity (Wildman–Crippen MR) is 113 cm³/mol. The van der Waals surface area contributed by atoms with E-state index in [9.17, 15) is 9.59 Å². The van der Waals surface area contributed by atoms with E-state index in [-0.39, 0.29) is 23.9 Å². The van der Waals surface area contributed by atoms with Crippen molar-refractivity contribution >= 4 is 17.8 Å². The third-order valence-corrected chi connectivity index (χ3v) is 4.79. The molecule has 0 N–H and O–H groups in total. The number of carbonyl (C=O) groups is 2. The van der Waals surface area contributed by atoms with Crippen molar-refractivity contribution < 1.29 is 37.7 Å². The number of carbonyl (C=O) groups excluding carboxylic acids is 2. The highest BCUT2D eigenvalue weighted by molar-refractivity contribution is 6.14. The van der Waals surface area contributed by atoms with E-state index in [0.29, 0.717) is 39.9 Å². The lowest BCUT2D eigenvalue weighted by Gasteiger charge is -2.10. The summed E-state index contributed by atoms with van der Waals surface area (Å²) in [6, 6.07) is 13.4. The standard InChI is InChI=1S/C24H20O8/c1-27-18-6-4-5-14(23(18)28-2)11-21-22(25)17-9-7-15(12-20(17)32-21)30-13-16-8-10-19(31-16)24(26)29-3/h4-12H,13H2,1-3H3/b21-11+. The van der Waals surface area contributed by atoms with Crippen LogP contribution in [-0.2, 0) is 11.3 Å². The number of rotatable bonds is 7. The van der Waals surface area contributed by atoms with E-state index in [4.69, 9.17) is 23.4 Å². The Morgan fingerprint density at radius 1 is 1.03 bits per heavy atom. The number of methoxy groups -OCH3 is 3. The number of Topliss-reactive ketones (excluding diaryl/α,β-unsaturated/α-hetero) is 1. The van der Waals surface area contributed by atoms with E-state index in [1.807, 2.05) is 0 Å². The van der Waals surface area contributed by atoms with Crippen LogP contribution < -0.4 is 18.9 Å². The average Bonchev–Trinajstić information content (AvgIpc) is 3.41. The zero-order valence-electron chi connectivity index (χ0n) is 17.7. The minimum atomic E-state index is -0.562. The zero-order chi connectivity index (χ0) is 22.7. The number of benzene rings is 2. The molecule has 2 aromatic carbocycles. The van der Waals surface area contributed by atoms with Crippen LogP contribution in [0.4, 0.5) is 0 Å². The minimum Gasteiger partial charge on any atom is -0.493 e. The summed E-state index contributed by atoms with van der Waals surface area (Å²) in [4.78, 5) is 24.2. The molecule has 0 unspecified atom stereocenters. The Labute approximate surface area is 183 Å². The molecule has 3 aromatic rings. The highest BCUT2D eigenvalue weighted by Crippen LogP contribution is 2.37. The fourth-order valence-corrected chi connectivity index (χ4v) is 3.24. The first-order valence-electron chi connectivity index (χ1n) is 9.63. The van der Waals surface area contributed by atoms with Gasteiger partial charge in [0.05, 0.1) is 26.9 Å². The Bertz CT molecular complexity index is 1200. The first-order valence-corrected chi connectivity index (χ1v) is 9.63. The second kappa shape index (κ2) is 8.89. The first-order chi connectivity index (χ1) is 15.5. The molecule has 1 aliphatic rings. The molecule has 0 amide bonds. The van der Waals surface area contributed by atoms with Gasteiger partial charge < -0.3 is 28.1 Å². The minimum absolute atomic E-state index is 0.0907. The van der Waals surface area contributed by atoms with Crippen molar-refractivity contribution in [1.29, 1.82) is 0 Å². The number of esters is 1. The van der Waals surface area contributed by atoms with Crippen LogP contribution in [-0.4, -0.2) is 33.1 Å².